The van der Waals surface area contributed by atoms with Crippen LogP contribution in [0.4, 0.5) is 0 Å². The maximum Gasteiger partial charge on any atom is 0.334 e. The Morgan fingerprint density at radius 2 is 1.83 bits per heavy atom. The van der Waals surface area contributed by atoms with E-state index in [9.17, 15) is 14.4 Å². The first-order chi connectivity index (χ1) is 8.56. The molecule has 2 rings (SSSR count). The van der Waals surface area contributed by atoms with E-state index in [2.05, 4.69) is 0 Å². The van der Waals surface area contributed by atoms with Crippen molar-refractivity contribution >= 4 is 17.8 Å². The molecule has 3 unspecified atom stereocenters. The third-order valence-electron chi connectivity index (χ3n) is 3.84. The van der Waals surface area contributed by atoms with Gasteiger partial charge in [0.25, 0.3) is 0 Å². The fourth-order valence-corrected chi connectivity index (χ4v) is 2.83. The lowest BCUT2D eigenvalue weighted by atomic mass is 9.81. The molecule has 0 spiro atoms. The van der Waals surface area contributed by atoms with Crippen LogP contribution in [0.1, 0.15) is 25.7 Å². The molecule has 0 aromatic heterocycles. The number of imide groups is 1. The molecule has 1 saturated heterocycles. The second kappa shape index (κ2) is 5.06. The summed E-state index contributed by atoms with van der Waals surface area (Å²) < 4.78 is 4.78. The summed E-state index contributed by atoms with van der Waals surface area (Å²) >= 11 is 0. The number of aliphatic carboxylic acids is 1. The number of methoxy groups -OCH3 is 1. The van der Waals surface area contributed by atoms with Crippen LogP contribution in [0, 0.1) is 11.8 Å². The van der Waals surface area contributed by atoms with Crippen LogP contribution >= 0.6 is 0 Å². The number of hydrogen-bond donors (Lipinski definition) is 1. The maximum absolute atomic E-state index is 12.1. The van der Waals surface area contributed by atoms with E-state index in [1.165, 1.54) is 7.11 Å². The summed E-state index contributed by atoms with van der Waals surface area (Å²) in [5.41, 5.74) is 0. The van der Waals surface area contributed by atoms with E-state index >= 15 is 0 Å². The Morgan fingerprint density at radius 3 is 2.22 bits per heavy atom. The molecule has 6 nitrogen and oxygen atoms in total. The van der Waals surface area contributed by atoms with Gasteiger partial charge in [-0.25, -0.2) is 4.79 Å². The van der Waals surface area contributed by atoms with Gasteiger partial charge in [-0.05, 0) is 12.8 Å². The van der Waals surface area contributed by atoms with Crippen LogP contribution in [0.3, 0.4) is 0 Å². The highest BCUT2D eigenvalue weighted by Crippen LogP contribution is 2.38. The van der Waals surface area contributed by atoms with Crippen molar-refractivity contribution in [2.75, 3.05) is 13.7 Å². The summed E-state index contributed by atoms with van der Waals surface area (Å²) in [5, 5.41) is 8.89. The molecule has 1 saturated carbocycles. The smallest absolute Gasteiger partial charge is 0.334 e. The normalized spacial score (nSPS) is 29.3. The summed E-state index contributed by atoms with van der Waals surface area (Å²) in [4.78, 5) is 36.1. The van der Waals surface area contributed by atoms with Crippen LogP contribution in [0.25, 0.3) is 0 Å². The minimum absolute atomic E-state index is 0.184. The molecule has 1 N–H and O–H groups in total. The Labute approximate surface area is 105 Å². The number of amides is 2. The molecule has 3 atom stereocenters. The van der Waals surface area contributed by atoms with Crippen LogP contribution in [0.5, 0.6) is 0 Å². The molecule has 18 heavy (non-hydrogen) atoms. The highest BCUT2D eigenvalue weighted by atomic mass is 16.5. The zero-order chi connectivity index (χ0) is 13.3. The number of carbonyl (C=O) groups is 3. The molecular weight excluding hydrogens is 238 g/mol. The van der Waals surface area contributed by atoms with Crippen molar-refractivity contribution in [1.82, 2.24) is 4.90 Å². The summed E-state index contributed by atoms with van der Waals surface area (Å²) in [6.45, 7) is -0.184. The molecule has 6 heteroatoms. The molecule has 100 valence electrons. The van der Waals surface area contributed by atoms with Crippen molar-refractivity contribution < 1.29 is 24.2 Å². The number of carboxylic acids is 1. The Kier molecular flexibility index (Phi) is 3.65. The predicted molar refractivity (Wildman–Crippen MR) is 60.6 cm³/mol. The van der Waals surface area contributed by atoms with Crippen LogP contribution < -0.4 is 0 Å². The lowest BCUT2D eigenvalue weighted by molar-refractivity contribution is -0.152. The summed E-state index contributed by atoms with van der Waals surface area (Å²) in [7, 11) is 1.26. The summed E-state index contributed by atoms with van der Waals surface area (Å²) in [5.74, 6) is -2.09. The average molecular weight is 255 g/mol. The van der Waals surface area contributed by atoms with Crippen LogP contribution in [0.15, 0.2) is 0 Å². The van der Waals surface area contributed by atoms with Crippen molar-refractivity contribution in [1.29, 1.82) is 0 Å². The zero-order valence-corrected chi connectivity index (χ0v) is 10.3. The van der Waals surface area contributed by atoms with Crippen molar-refractivity contribution in [3.63, 3.8) is 0 Å². The predicted octanol–water partition coefficient (Wildman–Crippen LogP) is 0.261. The molecule has 0 bridgehead atoms. The van der Waals surface area contributed by atoms with E-state index in [0.717, 1.165) is 30.6 Å². The Morgan fingerprint density at radius 1 is 1.33 bits per heavy atom. The van der Waals surface area contributed by atoms with Crippen LogP contribution in [0.2, 0.25) is 0 Å². The molecule has 0 aromatic carbocycles. The van der Waals surface area contributed by atoms with E-state index in [1.54, 1.807) is 0 Å². The maximum atomic E-state index is 12.1. The minimum Gasteiger partial charge on any atom is -0.479 e. The Bertz CT molecular complexity index is 357. The molecule has 2 fully saturated rings. The molecule has 0 aromatic rings. The monoisotopic (exact) mass is 255 g/mol. The molecule has 1 aliphatic carbocycles. The number of rotatable bonds is 4. The first-order valence-corrected chi connectivity index (χ1v) is 6.17. The molecule has 1 aliphatic heterocycles. The number of fused-ring (bicyclic) bond motifs is 1. The van der Waals surface area contributed by atoms with E-state index in [0.29, 0.717) is 0 Å². The van der Waals surface area contributed by atoms with Gasteiger partial charge >= 0.3 is 5.97 Å². The van der Waals surface area contributed by atoms with Crippen LogP contribution in [-0.4, -0.2) is 47.5 Å². The third-order valence-corrected chi connectivity index (χ3v) is 3.84. The SMILES string of the molecule is COC(CN1C(=O)C2CCCCC2C1=O)C(=O)O. The van der Waals surface area contributed by atoms with Gasteiger partial charge in [0, 0.05) is 7.11 Å². The highest BCUT2D eigenvalue weighted by Gasteiger charge is 2.48. The van der Waals surface area contributed by atoms with E-state index < -0.39 is 12.1 Å². The topological polar surface area (TPSA) is 83.9 Å². The van der Waals surface area contributed by atoms with Crippen molar-refractivity contribution in [3.05, 3.63) is 0 Å². The number of carboxylic acid groups (broad SMARTS) is 1. The minimum atomic E-state index is -1.16. The molecule has 0 radical (unpaired) electrons. The lowest BCUT2D eigenvalue weighted by Crippen LogP contribution is -2.41. The second-order valence-electron chi connectivity index (χ2n) is 4.85. The van der Waals surface area contributed by atoms with Crippen molar-refractivity contribution in [3.8, 4) is 0 Å². The molecular formula is C12H17NO5. The Hall–Kier alpha value is -1.43. The Balaban J connectivity index is 2.11. The largest absolute Gasteiger partial charge is 0.479 e. The number of nitrogens with zero attached hydrogens (tertiary/aromatic N) is 1. The van der Waals surface area contributed by atoms with Gasteiger partial charge in [0.05, 0.1) is 18.4 Å². The third kappa shape index (κ3) is 2.12. The first kappa shape index (κ1) is 13.0. The van der Waals surface area contributed by atoms with Crippen molar-refractivity contribution in [2.45, 2.75) is 31.8 Å². The van der Waals surface area contributed by atoms with Gasteiger partial charge in [0.15, 0.2) is 6.10 Å². The second-order valence-corrected chi connectivity index (χ2v) is 4.85. The zero-order valence-electron chi connectivity index (χ0n) is 10.3. The van der Waals surface area contributed by atoms with Gasteiger partial charge in [-0.1, -0.05) is 12.8 Å². The van der Waals surface area contributed by atoms with Gasteiger partial charge in [0.2, 0.25) is 11.8 Å². The fourth-order valence-electron chi connectivity index (χ4n) is 2.83. The lowest BCUT2D eigenvalue weighted by Gasteiger charge is -2.19. The van der Waals surface area contributed by atoms with E-state index in [4.69, 9.17) is 9.84 Å². The van der Waals surface area contributed by atoms with Gasteiger partial charge in [0.1, 0.15) is 0 Å². The quantitative estimate of drug-likeness (QED) is 0.728. The van der Waals surface area contributed by atoms with Crippen LogP contribution in [-0.2, 0) is 19.1 Å². The molecule has 1 heterocycles. The first-order valence-electron chi connectivity index (χ1n) is 6.17. The number of likely N-dealkylation sites (tertiary alicyclic amines) is 1. The fraction of sp³-hybridized carbons (Fsp3) is 0.750. The van der Waals surface area contributed by atoms with Gasteiger partial charge in [-0.3, -0.25) is 14.5 Å². The van der Waals surface area contributed by atoms with Crippen molar-refractivity contribution in [2.24, 2.45) is 11.8 Å². The number of ether oxygens (including phenoxy) is 1. The van der Waals surface area contributed by atoms with Gasteiger partial charge in [-0.2, -0.15) is 0 Å². The average Bonchev–Trinajstić information content (AvgIpc) is 2.60. The van der Waals surface area contributed by atoms with Gasteiger partial charge in [-0.15, -0.1) is 0 Å². The van der Waals surface area contributed by atoms with Gasteiger partial charge < -0.3 is 9.84 Å². The highest BCUT2D eigenvalue weighted by molar-refractivity contribution is 6.05. The summed E-state index contributed by atoms with van der Waals surface area (Å²) in [6, 6.07) is 0. The standard InChI is InChI=1S/C12H17NO5/c1-18-9(12(16)17)6-13-10(14)7-4-2-3-5-8(7)11(13)15/h7-9H,2-6H2,1H3,(H,16,17). The van der Waals surface area contributed by atoms with E-state index in [-0.39, 0.29) is 30.2 Å². The molecule has 2 amide bonds. The van der Waals surface area contributed by atoms with E-state index in [1.807, 2.05) is 0 Å². The number of hydrogen-bond acceptors (Lipinski definition) is 4. The summed E-state index contributed by atoms with van der Waals surface area (Å²) in [6.07, 6.45) is 2.24. The number of carbonyl (C=O) groups excluding carboxylic acids is 2. The molecule has 2 aliphatic rings.